The molecule has 1 N–H and O–H groups in total. The van der Waals surface area contributed by atoms with Gasteiger partial charge >= 0.3 is 0 Å². The molecule has 0 aliphatic heterocycles. The molecule has 0 fully saturated rings. The first kappa shape index (κ1) is 18.6. The maximum Gasteiger partial charge on any atom is 0.266 e. The summed E-state index contributed by atoms with van der Waals surface area (Å²) in [7, 11) is 5.58. The van der Waals surface area contributed by atoms with Crippen molar-refractivity contribution in [2.75, 3.05) is 34.4 Å². The molecule has 0 saturated carbocycles. The molecule has 1 aromatic heterocycles. The lowest BCUT2D eigenvalue weighted by Gasteiger charge is -2.17. The van der Waals surface area contributed by atoms with Crippen molar-refractivity contribution in [3.63, 3.8) is 0 Å². The van der Waals surface area contributed by atoms with Crippen LogP contribution in [0.5, 0.6) is 11.5 Å². The average Bonchev–Trinajstić information content (AvgIpc) is 2.57. The van der Waals surface area contributed by atoms with Crippen LogP contribution in [0.25, 0.3) is 11.1 Å². The van der Waals surface area contributed by atoms with Gasteiger partial charge in [0.05, 0.1) is 13.7 Å². The highest BCUT2D eigenvalue weighted by Crippen LogP contribution is 2.39. The fraction of sp³-hybridized carbons (Fsp3) is 0.368. The van der Waals surface area contributed by atoms with E-state index in [9.17, 15) is 10.1 Å². The summed E-state index contributed by atoms with van der Waals surface area (Å²) in [5.41, 5.74) is 1.57. The van der Waals surface area contributed by atoms with Crippen LogP contribution in [0.1, 0.15) is 17.7 Å². The zero-order valence-corrected chi connectivity index (χ0v) is 15.0. The first-order valence-electron chi connectivity index (χ1n) is 8.06. The topological polar surface area (TPSA) is 78.3 Å². The van der Waals surface area contributed by atoms with Gasteiger partial charge in [0.15, 0.2) is 11.5 Å². The number of methoxy groups -OCH3 is 1. The van der Waals surface area contributed by atoms with Crippen LogP contribution in [-0.4, -0.2) is 44.2 Å². The van der Waals surface area contributed by atoms with Crippen molar-refractivity contribution >= 4 is 0 Å². The third kappa shape index (κ3) is 4.40. The second kappa shape index (κ2) is 8.36. The van der Waals surface area contributed by atoms with Gasteiger partial charge in [0.1, 0.15) is 11.6 Å². The Morgan fingerprint density at radius 1 is 1.28 bits per heavy atom. The quantitative estimate of drug-likeness (QED) is 0.783. The smallest absolute Gasteiger partial charge is 0.266 e. The van der Waals surface area contributed by atoms with E-state index in [1.807, 2.05) is 32.3 Å². The Labute approximate surface area is 147 Å². The van der Waals surface area contributed by atoms with E-state index >= 15 is 0 Å². The van der Waals surface area contributed by atoms with Crippen molar-refractivity contribution < 1.29 is 9.47 Å². The van der Waals surface area contributed by atoms with Crippen LogP contribution in [-0.2, 0) is 0 Å². The van der Waals surface area contributed by atoms with Gasteiger partial charge in [-0.3, -0.25) is 4.79 Å². The number of benzene rings is 1. The van der Waals surface area contributed by atoms with Crippen LogP contribution in [0.15, 0.2) is 29.1 Å². The summed E-state index contributed by atoms with van der Waals surface area (Å²) in [6, 6.07) is 9.22. The van der Waals surface area contributed by atoms with Gasteiger partial charge in [0, 0.05) is 23.4 Å². The lowest BCUT2D eigenvalue weighted by molar-refractivity contribution is 0.269. The molecule has 132 valence electrons. The number of rotatable bonds is 7. The van der Waals surface area contributed by atoms with Gasteiger partial charge in [-0.15, -0.1) is 0 Å². The van der Waals surface area contributed by atoms with E-state index in [0.29, 0.717) is 34.9 Å². The second-order valence-corrected chi connectivity index (χ2v) is 6.02. The number of hydrogen-bond acceptors (Lipinski definition) is 5. The second-order valence-electron chi connectivity index (χ2n) is 6.02. The van der Waals surface area contributed by atoms with Crippen molar-refractivity contribution in [3.8, 4) is 28.7 Å². The van der Waals surface area contributed by atoms with Crippen LogP contribution >= 0.6 is 0 Å². The number of aromatic amines is 1. The first-order valence-corrected chi connectivity index (χ1v) is 8.06. The largest absolute Gasteiger partial charge is 0.493 e. The Morgan fingerprint density at radius 2 is 2.04 bits per heavy atom. The lowest BCUT2D eigenvalue weighted by Crippen LogP contribution is -2.16. The summed E-state index contributed by atoms with van der Waals surface area (Å²) in [5, 5.41) is 9.40. The monoisotopic (exact) mass is 341 g/mol. The predicted octanol–water partition coefficient (Wildman–Crippen LogP) is 2.56. The van der Waals surface area contributed by atoms with Gasteiger partial charge in [0.25, 0.3) is 5.56 Å². The molecular weight excluding hydrogens is 318 g/mol. The lowest BCUT2D eigenvalue weighted by atomic mass is 9.99. The summed E-state index contributed by atoms with van der Waals surface area (Å²) >= 11 is 0. The maximum absolute atomic E-state index is 12.1. The number of aryl methyl sites for hydroxylation is 1. The molecule has 6 nitrogen and oxygen atoms in total. The third-order valence-corrected chi connectivity index (χ3v) is 3.76. The van der Waals surface area contributed by atoms with Crippen LogP contribution in [0.4, 0.5) is 0 Å². The van der Waals surface area contributed by atoms with E-state index in [0.717, 1.165) is 13.0 Å². The van der Waals surface area contributed by atoms with E-state index in [1.54, 1.807) is 26.2 Å². The zero-order valence-electron chi connectivity index (χ0n) is 15.0. The average molecular weight is 341 g/mol. The minimum Gasteiger partial charge on any atom is -0.493 e. The molecule has 0 aliphatic rings. The van der Waals surface area contributed by atoms with Gasteiger partial charge < -0.3 is 19.4 Å². The number of pyridine rings is 1. The van der Waals surface area contributed by atoms with Crippen molar-refractivity contribution in [3.05, 3.63) is 45.9 Å². The Bertz CT molecular complexity index is 835. The standard InChI is InChI=1S/C19H23N3O3/c1-13-11-15(16(12-20)19(23)21-13)14-7-5-8-17(24-4)18(14)25-10-6-9-22(2)3/h5,7-8,11H,6,9-10H2,1-4H3,(H,21,23). The van der Waals surface area contributed by atoms with E-state index in [4.69, 9.17) is 9.47 Å². The van der Waals surface area contributed by atoms with Crippen molar-refractivity contribution in [2.24, 2.45) is 0 Å². The molecule has 1 heterocycles. The normalized spacial score (nSPS) is 10.6. The molecule has 0 aliphatic carbocycles. The zero-order chi connectivity index (χ0) is 18.4. The number of nitrogens with zero attached hydrogens (tertiary/aromatic N) is 2. The van der Waals surface area contributed by atoms with E-state index in [1.165, 1.54) is 0 Å². The number of para-hydroxylation sites is 1. The number of aromatic nitrogens is 1. The van der Waals surface area contributed by atoms with Crippen molar-refractivity contribution in [2.45, 2.75) is 13.3 Å². The van der Waals surface area contributed by atoms with Gasteiger partial charge in [-0.25, -0.2) is 0 Å². The molecule has 1 aromatic carbocycles. The van der Waals surface area contributed by atoms with Gasteiger partial charge in [-0.1, -0.05) is 12.1 Å². The SMILES string of the molecule is COc1cccc(-c2cc(C)[nH]c(=O)c2C#N)c1OCCCN(C)C. The highest BCUT2D eigenvalue weighted by molar-refractivity contribution is 5.78. The van der Waals surface area contributed by atoms with Gasteiger partial charge in [0.2, 0.25) is 0 Å². The molecule has 0 amide bonds. The van der Waals surface area contributed by atoms with Crippen LogP contribution in [0.2, 0.25) is 0 Å². The van der Waals surface area contributed by atoms with E-state index in [-0.39, 0.29) is 5.56 Å². The van der Waals surface area contributed by atoms with Gasteiger partial charge in [-0.2, -0.15) is 5.26 Å². The summed E-state index contributed by atoms with van der Waals surface area (Å²) in [4.78, 5) is 16.9. The first-order chi connectivity index (χ1) is 12.0. The Kier molecular flexibility index (Phi) is 6.20. The highest BCUT2D eigenvalue weighted by Gasteiger charge is 2.17. The highest BCUT2D eigenvalue weighted by atomic mass is 16.5. The molecule has 2 rings (SSSR count). The summed E-state index contributed by atoms with van der Waals surface area (Å²) < 4.78 is 11.4. The molecule has 0 spiro atoms. The summed E-state index contributed by atoms with van der Waals surface area (Å²) in [5.74, 6) is 1.12. The Hall–Kier alpha value is -2.78. The molecule has 0 radical (unpaired) electrons. The van der Waals surface area contributed by atoms with Crippen LogP contribution in [0.3, 0.4) is 0 Å². The number of nitrogens with one attached hydrogen (secondary N) is 1. The van der Waals surface area contributed by atoms with Crippen LogP contribution in [0, 0.1) is 18.3 Å². The van der Waals surface area contributed by atoms with Crippen LogP contribution < -0.4 is 15.0 Å². The number of ether oxygens (including phenoxy) is 2. The number of hydrogen-bond donors (Lipinski definition) is 1. The van der Waals surface area contributed by atoms with Crippen molar-refractivity contribution in [1.82, 2.24) is 9.88 Å². The predicted molar refractivity (Wildman–Crippen MR) is 97.2 cm³/mol. The molecule has 0 unspecified atom stereocenters. The van der Waals surface area contributed by atoms with E-state index < -0.39 is 5.56 Å². The number of H-pyrrole nitrogens is 1. The fourth-order valence-electron chi connectivity index (χ4n) is 2.60. The summed E-state index contributed by atoms with van der Waals surface area (Å²) in [6.45, 7) is 3.19. The summed E-state index contributed by atoms with van der Waals surface area (Å²) in [6.07, 6.45) is 0.851. The maximum atomic E-state index is 12.1. The molecule has 2 aromatic rings. The minimum atomic E-state index is -0.404. The molecule has 0 saturated heterocycles. The third-order valence-electron chi connectivity index (χ3n) is 3.76. The molecule has 0 atom stereocenters. The Balaban J connectivity index is 2.48. The van der Waals surface area contributed by atoms with E-state index in [2.05, 4.69) is 9.88 Å². The molecule has 0 bridgehead atoms. The fourth-order valence-corrected chi connectivity index (χ4v) is 2.60. The van der Waals surface area contributed by atoms with Crippen molar-refractivity contribution in [1.29, 1.82) is 5.26 Å². The minimum absolute atomic E-state index is 0.0667. The molecule has 6 heteroatoms. The molecular formula is C19H23N3O3. The number of nitriles is 1. The Morgan fingerprint density at radius 3 is 2.68 bits per heavy atom. The molecule has 25 heavy (non-hydrogen) atoms. The van der Waals surface area contributed by atoms with Gasteiger partial charge in [-0.05, 0) is 39.6 Å².